The summed E-state index contributed by atoms with van der Waals surface area (Å²) in [7, 11) is -3.61. The molecule has 1 aromatic carbocycles. The Balaban J connectivity index is 2.73. The number of hydrogen-bond acceptors (Lipinski definition) is 4. The molecule has 0 saturated carbocycles. The smallest absolute Gasteiger partial charge is 0.270 e. The Labute approximate surface area is 96.9 Å². The van der Waals surface area contributed by atoms with Crippen molar-refractivity contribution >= 4 is 21.4 Å². The molecule has 1 aromatic rings. The van der Waals surface area contributed by atoms with Crippen LogP contribution in [0.25, 0.3) is 0 Å². The fraction of sp³-hybridized carbons (Fsp3) is 0.333. The lowest BCUT2D eigenvalue weighted by Gasteiger charge is -2.15. The highest BCUT2D eigenvalue weighted by Gasteiger charge is 2.38. The van der Waals surface area contributed by atoms with Crippen LogP contribution in [0.5, 0.6) is 0 Å². The third kappa shape index (κ3) is 1.64. The number of nitro benzene ring substituents is 1. The first-order chi connectivity index (χ1) is 7.88. The van der Waals surface area contributed by atoms with Gasteiger partial charge in [-0.1, -0.05) is 0 Å². The number of rotatable bonds is 2. The summed E-state index contributed by atoms with van der Waals surface area (Å²) in [5.74, 6) is -1.54. The molecular weight excluding hydrogens is 251 g/mol. The molecule has 0 saturated heterocycles. The second kappa shape index (κ2) is 3.66. The topological polar surface area (TPSA) is 80.5 Å². The van der Waals surface area contributed by atoms with Crippen molar-refractivity contribution in [3.05, 3.63) is 33.6 Å². The number of sulfonamides is 1. The quantitative estimate of drug-likeness (QED) is 0.594. The Bertz CT molecular complexity index is 599. The molecule has 0 unspecified atom stereocenters. The van der Waals surface area contributed by atoms with Gasteiger partial charge in [0.1, 0.15) is 5.75 Å². The van der Waals surface area contributed by atoms with Gasteiger partial charge in [-0.25, -0.2) is 8.42 Å². The molecule has 0 aromatic heterocycles. The number of benzene rings is 1. The van der Waals surface area contributed by atoms with E-state index in [9.17, 15) is 22.9 Å². The monoisotopic (exact) mass is 260 g/mol. The van der Waals surface area contributed by atoms with Gasteiger partial charge in [0.05, 0.1) is 16.2 Å². The number of nitrogens with zero attached hydrogens (tertiary/aromatic N) is 2. The minimum Gasteiger partial charge on any atom is -0.270 e. The Kier molecular flexibility index (Phi) is 2.53. The van der Waals surface area contributed by atoms with Crippen LogP contribution in [0.1, 0.15) is 12.5 Å². The SMILES string of the molecule is CCN1c2ccc(F)c([N+](=O)[O-])c2CS1(=O)=O. The number of halogens is 1. The normalized spacial score (nSPS) is 16.9. The van der Waals surface area contributed by atoms with Crippen LogP contribution < -0.4 is 4.31 Å². The molecule has 1 aliphatic rings. The molecule has 0 spiro atoms. The molecule has 1 heterocycles. The number of fused-ring (bicyclic) bond motifs is 1. The van der Waals surface area contributed by atoms with E-state index < -0.39 is 32.2 Å². The number of nitro groups is 1. The first-order valence-electron chi connectivity index (χ1n) is 4.84. The number of anilines is 1. The van der Waals surface area contributed by atoms with E-state index in [1.807, 2.05) is 0 Å². The van der Waals surface area contributed by atoms with Gasteiger partial charge in [-0.15, -0.1) is 0 Å². The van der Waals surface area contributed by atoms with Gasteiger partial charge in [-0.3, -0.25) is 14.4 Å². The van der Waals surface area contributed by atoms with E-state index >= 15 is 0 Å². The van der Waals surface area contributed by atoms with Crippen molar-refractivity contribution in [1.82, 2.24) is 0 Å². The lowest BCUT2D eigenvalue weighted by Crippen LogP contribution is -2.25. The molecule has 1 aliphatic heterocycles. The minimum absolute atomic E-state index is 0.0724. The highest BCUT2D eigenvalue weighted by molar-refractivity contribution is 7.92. The summed E-state index contributed by atoms with van der Waals surface area (Å²) in [5, 5.41) is 10.7. The molecule has 0 radical (unpaired) electrons. The van der Waals surface area contributed by atoms with Gasteiger partial charge in [0.25, 0.3) is 0 Å². The zero-order chi connectivity index (χ0) is 12.8. The zero-order valence-corrected chi connectivity index (χ0v) is 9.70. The van der Waals surface area contributed by atoms with E-state index in [1.165, 1.54) is 6.07 Å². The maximum atomic E-state index is 13.3. The first kappa shape index (κ1) is 11.8. The van der Waals surface area contributed by atoms with Gasteiger partial charge in [-0.2, -0.15) is 4.39 Å². The largest absolute Gasteiger partial charge is 0.311 e. The van der Waals surface area contributed by atoms with Crippen LogP contribution in [-0.4, -0.2) is 19.9 Å². The lowest BCUT2D eigenvalue weighted by molar-refractivity contribution is -0.388. The minimum atomic E-state index is -3.61. The van der Waals surface area contributed by atoms with Gasteiger partial charge in [0.15, 0.2) is 0 Å². The Morgan fingerprint density at radius 3 is 2.71 bits per heavy atom. The molecule has 0 atom stereocenters. The van der Waals surface area contributed by atoms with Crippen LogP contribution in [0.2, 0.25) is 0 Å². The molecule has 17 heavy (non-hydrogen) atoms. The predicted molar refractivity (Wildman–Crippen MR) is 58.7 cm³/mol. The van der Waals surface area contributed by atoms with Crippen molar-refractivity contribution < 1.29 is 17.7 Å². The summed E-state index contributed by atoms with van der Waals surface area (Å²) in [6.07, 6.45) is 0. The fourth-order valence-electron chi connectivity index (χ4n) is 1.95. The molecule has 0 N–H and O–H groups in total. The fourth-order valence-corrected chi connectivity index (χ4v) is 3.62. The predicted octanol–water partition coefficient (Wildman–Crippen LogP) is 1.40. The van der Waals surface area contributed by atoms with Crippen molar-refractivity contribution in [2.75, 3.05) is 10.8 Å². The summed E-state index contributed by atoms with van der Waals surface area (Å²) < 4.78 is 37.8. The molecule has 8 heteroatoms. The third-order valence-electron chi connectivity index (χ3n) is 2.61. The van der Waals surface area contributed by atoms with E-state index in [2.05, 4.69) is 0 Å². The maximum absolute atomic E-state index is 13.3. The Morgan fingerprint density at radius 1 is 1.53 bits per heavy atom. The average molecular weight is 260 g/mol. The standard InChI is InChI=1S/C9H9FN2O4S/c1-2-11-8-4-3-7(10)9(12(13)14)6(8)5-17(11,15)16/h3-4H,2,5H2,1H3. The summed E-state index contributed by atoms with van der Waals surface area (Å²) in [6.45, 7) is 1.78. The third-order valence-corrected chi connectivity index (χ3v) is 4.39. The van der Waals surface area contributed by atoms with Crippen LogP contribution in [0, 0.1) is 15.9 Å². The van der Waals surface area contributed by atoms with Gasteiger partial charge in [0.2, 0.25) is 15.8 Å². The van der Waals surface area contributed by atoms with E-state index in [0.29, 0.717) is 0 Å². The van der Waals surface area contributed by atoms with E-state index in [0.717, 1.165) is 10.4 Å². The zero-order valence-electron chi connectivity index (χ0n) is 8.88. The van der Waals surface area contributed by atoms with Crippen LogP contribution in [0.4, 0.5) is 15.8 Å². The summed E-state index contributed by atoms with van der Waals surface area (Å²) >= 11 is 0. The van der Waals surface area contributed by atoms with Gasteiger partial charge in [0, 0.05) is 6.54 Å². The van der Waals surface area contributed by atoms with E-state index in [-0.39, 0.29) is 17.8 Å². The molecular formula is C9H9FN2O4S. The highest BCUT2D eigenvalue weighted by Crippen LogP contribution is 2.40. The van der Waals surface area contributed by atoms with Gasteiger partial charge >= 0.3 is 5.69 Å². The Hall–Kier alpha value is -1.70. The molecule has 0 amide bonds. The summed E-state index contributed by atoms with van der Waals surface area (Å²) in [6, 6.07) is 2.17. The number of hydrogen-bond donors (Lipinski definition) is 0. The van der Waals surface area contributed by atoms with Crippen molar-refractivity contribution in [3.8, 4) is 0 Å². The maximum Gasteiger partial charge on any atom is 0.311 e. The molecule has 0 aliphatic carbocycles. The molecule has 92 valence electrons. The highest BCUT2D eigenvalue weighted by atomic mass is 32.2. The van der Waals surface area contributed by atoms with Crippen molar-refractivity contribution in [2.24, 2.45) is 0 Å². The van der Waals surface area contributed by atoms with Crippen molar-refractivity contribution in [1.29, 1.82) is 0 Å². The molecule has 2 rings (SSSR count). The molecule has 0 bridgehead atoms. The molecule has 0 fully saturated rings. The second-order valence-electron chi connectivity index (χ2n) is 3.57. The summed E-state index contributed by atoms with van der Waals surface area (Å²) in [4.78, 5) is 9.85. The first-order valence-corrected chi connectivity index (χ1v) is 6.45. The van der Waals surface area contributed by atoms with E-state index in [1.54, 1.807) is 6.92 Å². The van der Waals surface area contributed by atoms with Crippen LogP contribution in [-0.2, 0) is 15.8 Å². The van der Waals surface area contributed by atoms with Crippen LogP contribution >= 0.6 is 0 Å². The van der Waals surface area contributed by atoms with Crippen LogP contribution in [0.15, 0.2) is 12.1 Å². The van der Waals surface area contributed by atoms with Gasteiger partial charge in [-0.05, 0) is 19.1 Å². The molecule has 6 nitrogen and oxygen atoms in total. The second-order valence-corrected chi connectivity index (χ2v) is 5.47. The van der Waals surface area contributed by atoms with E-state index in [4.69, 9.17) is 0 Å². The lowest BCUT2D eigenvalue weighted by atomic mass is 10.1. The summed E-state index contributed by atoms with van der Waals surface area (Å²) in [5.41, 5.74) is -0.625. The van der Waals surface area contributed by atoms with Crippen molar-refractivity contribution in [3.63, 3.8) is 0 Å². The van der Waals surface area contributed by atoms with Gasteiger partial charge < -0.3 is 0 Å². The Morgan fingerprint density at radius 2 is 2.18 bits per heavy atom. The van der Waals surface area contributed by atoms with Crippen molar-refractivity contribution in [2.45, 2.75) is 12.7 Å². The average Bonchev–Trinajstić information content (AvgIpc) is 2.46. The van der Waals surface area contributed by atoms with Crippen LogP contribution in [0.3, 0.4) is 0 Å².